The molecule has 320 valence electrons. The van der Waals surface area contributed by atoms with Gasteiger partial charge in [-0.3, -0.25) is 9.59 Å². The maximum absolute atomic E-state index is 12.3. The fourth-order valence-corrected chi connectivity index (χ4v) is 6.65. The standard InChI is InChI=1S/C49H89NO5/c1-3-5-7-9-11-13-15-16-17-18-19-20-23-27-31-35-39-43-49(54)55-44-40-36-32-28-24-21-22-26-30-34-38-42-48(53)50-46(45-51)47(52)41-37-33-29-25-14-12-10-8-6-4-2/h11,13,16-17,24,28,37,41,46-47,51-52H,3-10,12,14-15,18-23,25-27,29-36,38-40,42-45H2,1-2H3,(H,50,53)/b13-11-,17-16-,28-24-,41-37+. The zero-order chi connectivity index (χ0) is 40.1. The van der Waals surface area contributed by atoms with E-state index in [4.69, 9.17) is 4.74 Å². The van der Waals surface area contributed by atoms with Crippen molar-refractivity contribution in [2.75, 3.05) is 13.2 Å². The molecule has 6 heteroatoms. The number of esters is 1. The van der Waals surface area contributed by atoms with Crippen molar-refractivity contribution in [3.8, 4) is 0 Å². The Morgan fingerprint density at radius 2 is 0.909 bits per heavy atom. The molecule has 0 aromatic rings. The van der Waals surface area contributed by atoms with E-state index in [9.17, 15) is 19.8 Å². The third-order valence-corrected chi connectivity index (χ3v) is 10.3. The van der Waals surface area contributed by atoms with Gasteiger partial charge in [-0.1, -0.05) is 172 Å². The average Bonchev–Trinajstić information content (AvgIpc) is 3.18. The molecule has 0 aliphatic carbocycles. The molecular formula is C49H89NO5. The summed E-state index contributed by atoms with van der Waals surface area (Å²) in [5, 5.41) is 22.9. The molecule has 0 aliphatic rings. The number of aliphatic hydroxyl groups excluding tert-OH is 2. The number of unbranched alkanes of at least 4 members (excludes halogenated alkanes) is 25. The van der Waals surface area contributed by atoms with Gasteiger partial charge < -0.3 is 20.3 Å². The lowest BCUT2D eigenvalue weighted by Crippen LogP contribution is -2.45. The average molecular weight is 772 g/mol. The molecule has 3 N–H and O–H groups in total. The molecular weight excluding hydrogens is 683 g/mol. The Kier molecular flexibility index (Phi) is 42.8. The molecule has 0 aliphatic heterocycles. The Morgan fingerprint density at radius 3 is 1.44 bits per heavy atom. The molecule has 0 rings (SSSR count). The van der Waals surface area contributed by atoms with Crippen molar-refractivity contribution in [3.63, 3.8) is 0 Å². The fourth-order valence-electron chi connectivity index (χ4n) is 6.65. The minimum absolute atomic E-state index is 0.0425. The largest absolute Gasteiger partial charge is 0.466 e. The second-order valence-electron chi connectivity index (χ2n) is 15.7. The Balaban J connectivity index is 3.55. The van der Waals surface area contributed by atoms with Gasteiger partial charge in [-0.2, -0.15) is 0 Å². The van der Waals surface area contributed by atoms with E-state index in [2.05, 4.69) is 55.6 Å². The van der Waals surface area contributed by atoms with E-state index in [0.717, 1.165) is 89.9 Å². The van der Waals surface area contributed by atoms with Crippen LogP contribution in [0.3, 0.4) is 0 Å². The van der Waals surface area contributed by atoms with E-state index in [1.165, 1.54) is 109 Å². The number of ether oxygens (including phenoxy) is 1. The fraction of sp³-hybridized carbons (Fsp3) is 0.796. The summed E-state index contributed by atoms with van der Waals surface area (Å²) in [6.07, 6.45) is 53.9. The van der Waals surface area contributed by atoms with Crippen LogP contribution >= 0.6 is 0 Å². The van der Waals surface area contributed by atoms with E-state index in [-0.39, 0.29) is 18.5 Å². The first-order chi connectivity index (χ1) is 27.0. The zero-order valence-electron chi connectivity index (χ0n) is 36.1. The Morgan fingerprint density at radius 1 is 0.509 bits per heavy atom. The molecule has 2 atom stereocenters. The van der Waals surface area contributed by atoms with Gasteiger partial charge in [0.25, 0.3) is 0 Å². The third kappa shape index (κ3) is 41.3. The number of amides is 1. The van der Waals surface area contributed by atoms with Crippen molar-refractivity contribution in [2.45, 2.75) is 238 Å². The van der Waals surface area contributed by atoms with Gasteiger partial charge in [0.05, 0.1) is 25.4 Å². The normalized spacial score (nSPS) is 13.2. The van der Waals surface area contributed by atoms with Crippen molar-refractivity contribution >= 4 is 11.9 Å². The van der Waals surface area contributed by atoms with E-state index >= 15 is 0 Å². The van der Waals surface area contributed by atoms with Crippen LogP contribution in [-0.2, 0) is 14.3 Å². The summed E-state index contributed by atoms with van der Waals surface area (Å²) in [6, 6.07) is -0.648. The summed E-state index contributed by atoms with van der Waals surface area (Å²) in [5.41, 5.74) is 0. The number of hydrogen-bond donors (Lipinski definition) is 3. The van der Waals surface area contributed by atoms with Crippen LogP contribution < -0.4 is 5.32 Å². The molecule has 0 radical (unpaired) electrons. The van der Waals surface area contributed by atoms with Crippen LogP contribution in [0.4, 0.5) is 0 Å². The molecule has 55 heavy (non-hydrogen) atoms. The highest BCUT2D eigenvalue weighted by Crippen LogP contribution is 2.13. The van der Waals surface area contributed by atoms with Crippen LogP contribution in [0.1, 0.15) is 226 Å². The molecule has 0 saturated carbocycles. The summed E-state index contributed by atoms with van der Waals surface area (Å²) in [4.78, 5) is 24.4. The van der Waals surface area contributed by atoms with Crippen LogP contribution in [0, 0.1) is 0 Å². The second-order valence-corrected chi connectivity index (χ2v) is 15.7. The van der Waals surface area contributed by atoms with Gasteiger partial charge >= 0.3 is 5.97 Å². The number of carbonyl (C=O) groups is 2. The second kappa shape index (κ2) is 44.5. The van der Waals surface area contributed by atoms with Gasteiger partial charge in [-0.05, 0) is 89.9 Å². The van der Waals surface area contributed by atoms with Gasteiger partial charge in [0.2, 0.25) is 5.91 Å². The van der Waals surface area contributed by atoms with Crippen molar-refractivity contribution < 1.29 is 24.5 Å². The number of hydrogen-bond acceptors (Lipinski definition) is 5. The van der Waals surface area contributed by atoms with Crippen LogP contribution in [0.15, 0.2) is 48.6 Å². The number of allylic oxidation sites excluding steroid dienone is 7. The summed E-state index contributed by atoms with van der Waals surface area (Å²) in [6.45, 7) is 4.75. The lowest BCUT2D eigenvalue weighted by Gasteiger charge is -2.20. The molecule has 0 aromatic heterocycles. The minimum atomic E-state index is -0.862. The Labute approximate surface area is 340 Å². The smallest absolute Gasteiger partial charge is 0.305 e. The predicted octanol–water partition coefficient (Wildman–Crippen LogP) is 13.5. The lowest BCUT2D eigenvalue weighted by molar-refractivity contribution is -0.143. The number of nitrogens with one attached hydrogen (secondary N) is 1. The highest BCUT2D eigenvalue weighted by molar-refractivity contribution is 5.76. The first-order valence-electron chi connectivity index (χ1n) is 23.4. The number of carbonyl (C=O) groups excluding carboxylic acids is 2. The van der Waals surface area contributed by atoms with E-state index < -0.39 is 12.1 Å². The molecule has 0 aromatic carbocycles. The van der Waals surface area contributed by atoms with Crippen LogP contribution in [0.5, 0.6) is 0 Å². The van der Waals surface area contributed by atoms with Gasteiger partial charge in [0.1, 0.15) is 0 Å². The minimum Gasteiger partial charge on any atom is -0.466 e. The zero-order valence-corrected chi connectivity index (χ0v) is 36.1. The van der Waals surface area contributed by atoms with Crippen molar-refractivity contribution in [1.82, 2.24) is 5.32 Å². The third-order valence-electron chi connectivity index (χ3n) is 10.3. The molecule has 0 saturated heterocycles. The SMILES string of the molecule is CCCCC/C=C\C/C=C\CCCCCCCCCC(=O)OCCCC/C=C\CCCCCCCC(=O)NC(CO)C(O)/C=C/CCCCCCCCCC. The van der Waals surface area contributed by atoms with Crippen molar-refractivity contribution in [1.29, 1.82) is 0 Å². The van der Waals surface area contributed by atoms with Gasteiger partial charge in [-0.15, -0.1) is 0 Å². The maximum Gasteiger partial charge on any atom is 0.305 e. The molecule has 0 fully saturated rings. The molecule has 0 bridgehead atoms. The first kappa shape index (κ1) is 52.8. The monoisotopic (exact) mass is 772 g/mol. The van der Waals surface area contributed by atoms with E-state index in [0.29, 0.717) is 19.4 Å². The van der Waals surface area contributed by atoms with E-state index in [1.54, 1.807) is 6.08 Å². The molecule has 2 unspecified atom stereocenters. The van der Waals surface area contributed by atoms with Gasteiger partial charge in [0, 0.05) is 12.8 Å². The van der Waals surface area contributed by atoms with Gasteiger partial charge in [0.15, 0.2) is 0 Å². The topological polar surface area (TPSA) is 95.9 Å². The quantitative estimate of drug-likeness (QED) is 0.0326. The molecule has 1 amide bonds. The summed E-state index contributed by atoms with van der Waals surface area (Å²) in [7, 11) is 0. The molecule has 0 heterocycles. The van der Waals surface area contributed by atoms with Gasteiger partial charge in [-0.25, -0.2) is 0 Å². The number of aliphatic hydroxyl groups is 2. The maximum atomic E-state index is 12.3. The highest BCUT2D eigenvalue weighted by Gasteiger charge is 2.18. The summed E-state index contributed by atoms with van der Waals surface area (Å²) in [5.74, 6) is -0.144. The Hall–Kier alpha value is -2.18. The molecule has 0 spiro atoms. The lowest BCUT2D eigenvalue weighted by atomic mass is 10.1. The van der Waals surface area contributed by atoms with Crippen molar-refractivity contribution in [2.24, 2.45) is 0 Å². The summed E-state index contributed by atoms with van der Waals surface area (Å²) >= 11 is 0. The summed E-state index contributed by atoms with van der Waals surface area (Å²) < 4.78 is 5.43. The number of rotatable bonds is 42. The van der Waals surface area contributed by atoms with Crippen molar-refractivity contribution in [3.05, 3.63) is 48.6 Å². The predicted molar refractivity (Wildman–Crippen MR) is 236 cm³/mol. The molecule has 6 nitrogen and oxygen atoms in total. The van der Waals surface area contributed by atoms with E-state index in [1.807, 2.05) is 6.08 Å². The van der Waals surface area contributed by atoms with Crippen LogP contribution in [0.2, 0.25) is 0 Å². The van der Waals surface area contributed by atoms with Crippen LogP contribution in [-0.4, -0.2) is 47.4 Å². The Bertz CT molecular complexity index is 942. The first-order valence-corrected chi connectivity index (χ1v) is 23.4. The highest BCUT2D eigenvalue weighted by atomic mass is 16.5. The van der Waals surface area contributed by atoms with Crippen LogP contribution in [0.25, 0.3) is 0 Å².